The van der Waals surface area contributed by atoms with Crippen LogP contribution in [-0.4, -0.2) is 18.3 Å². The number of hydrogen-bond donors (Lipinski definition) is 2. The minimum absolute atomic E-state index is 0.381. The summed E-state index contributed by atoms with van der Waals surface area (Å²) in [6.45, 7) is 0.452. The van der Waals surface area contributed by atoms with Gasteiger partial charge in [0.15, 0.2) is 6.23 Å². The first-order valence-electron chi connectivity index (χ1n) is 4.49. The van der Waals surface area contributed by atoms with Gasteiger partial charge in [-0.25, -0.2) is 4.79 Å². The van der Waals surface area contributed by atoms with Crippen LogP contribution in [0.3, 0.4) is 0 Å². The van der Waals surface area contributed by atoms with Crippen molar-refractivity contribution >= 4 is 6.09 Å². The van der Waals surface area contributed by atoms with Crippen LogP contribution in [-0.2, 0) is 11.3 Å². The second-order valence-electron chi connectivity index (χ2n) is 3.24. The molecule has 1 aliphatic heterocycles. The molecular formula is C10H11NO4. The highest BCUT2D eigenvalue weighted by molar-refractivity contribution is 5.73. The summed E-state index contributed by atoms with van der Waals surface area (Å²) in [5.41, 5.74) is 1.46. The van der Waals surface area contributed by atoms with E-state index in [1.165, 1.54) is 0 Å². The molecule has 0 fully saturated rings. The smallest absolute Gasteiger partial charge is 0.410 e. The fourth-order valence-electron chi connectivity index (χ4n) is 1.48. The van der Waals surface area contributed by atoms with Crippen molar-refractivity contribution in [3.05, 3.63) is 29.3 Å². The van der Waals surface area contributed by atoms with Crippen LogP contribution in [0.25, 0.3) is 0 Å². The van der Waals surface area contributed by atoms with E-state index in [1.807, 2.05) is 0 Å². The molecule has 0 unspecified atom stereocenters. The number of methoxy groups -OCH3 is 1. The highest BCUT2D eigenvalue weighted by atomic mass is 16.6. The summed E-state index contributed by atoms with van der Waals surface area (Å²) < 4.78 is 9.85. The summed E-state index contributed by atoms with van der Waals surface area (Å²) in [7, 11) is 1.59. The summed E-state index contributed by atoms with van der Waals surface area (Å²) in [4.78, 5) is 10.9. The number of carbonyl (C=O) groups is 1. The van der Waals surface area contributed by atoms with E-state index in [2.05, 4.69) is 5.32 Å². The monoisotopic (exact) mass is 209 g/mol. The fraction of sp³-hybridized carbons (Fsp3) is 0.300. The number of amides is 1. The molecule has 1 aromatic carbocycles. The Kier molecular flexibility index (Phi) is 2.57. The maximum absolute atomic E-state index is 10.9. The van der Waals surface area contributed by atoms with E-state index >= 15 is 0 Å². The number of ether oxygens (including phenoxy) is 2. The van der Waals surface area contributed by atoms with Crippen LogP contribution in [0.4, 0.5) is 4.79 Å². The molecule has 1 aliphatic rings. The lowest BCUT2D eigenvalue weighted by atomic mass is 10.1. The highest BCUT2D eigenvalue weighted by Gasteiger charge is 2.24. The van der Waals surface area contributed by atoms with Gasteiger partial charge in [-0.1, -0.05) is 6.07 Å². The Morgan fingerprint density at radius 2 is 2.40 bits per heavy atom. The molecule has 5 heteroatoms. The number of hydrogen-bond acceptors (Lipinski definition) is 4. The molecule has 1 atom stereocenters. The molecule has 80 valence electrons. The standard InChI is InChI=1S/C10H11NO4/c1-14-5-6-2-3-8-7(4-6)9(12)11-10(13)15-8/h2-4,9,12H,5H2,1H3,(H,11,13)/t9-/m1/s1. The quantitative estimate of drug-likeness (QED) is 0.760. The number of carbonyl (C=O) groups excluding carboxylic acids is 1. The van der Waals surface area contributed by atoms with Crippen molar-refractivity contribution < 1.29 is 19.4 Å². The molecule has 0 aromatic heterocycles. The van der Waals surface area contributed by atoms with Gasteiger partial charge in [0.1, 0.15) is 5.75 Å². The lowest BCUT2D eigenvalue weighted by molar-refractivity contribution is 0.108. The second-order valence-corrected chi connectivity index (χ2v) is 3.24. The first-order valence-corrected chi connectivity index (χ1v) is 4.49. The van der Waals surface area contributed by atoms with Gasteiger partial charge in [-0.3, -0.25) is 5.32 Å². The molecule has 1 heterocycles. The third kappa shape index (κ3) is 1.93. The number of nitrogens with one attached hydrogen (secondary N) is 1. The molecule has 2 N–H and O–H groups in total. The van der Waals surface area contributed by atoms with E-state index in [1.54, 1.807) is 25.3 Å². The molecule has 1 amide bonds. The molecule has 0 saturated carbocycles. The van der Waals surface area contributed by atoms with Gasteiger partial charge < -0.3 is 14.6 Å². The summed E-state index contributed by atoms with van der Waals surface area (Å²) >= 11 is 0. The van der Waals surface area contributed by atoms with Crippen LogP contribution in [0, 0.1) is 0 Å². The average Bonchev–Trinajstić information content (AvgIpc) is 2.19. The summed E-state index contributed by atoms with van der Waals surface area (Å²) in [6.07, 6.45) is -1.66. The molecule has 0 aliphatic carbocycles. The van der Waals surface area contributed by atoms with Crippen LogP contribution >= 0.6 is 0 Å². The maximum atomic E-state index is 10.9. The van der Waals surface area contributed by atoms with Crippen molar-refractivity contribution in [1.82, 2.24) is 5.32 Å². The SMILES string of the molecule is COCc1ccc2c(c1)[C@@H](O)NC(=O)O2. The molecule has 1 aromatic rings. The Hall–Kier alpha value is -1.59. The molecule has 15 heavy (non-hydrogen) atoms. The zero-order chi connectivity index (χ0) is 10.8. The van der Waals surface area contributed by atoms with Gasteiger partial charge in [-0.2, -0.15) is 0 Å². The third-order valence-electron chi connectivity index (χ3n) is 2.14. The second kappa shape index (κ2) is 3.88. The number of aliphatic hydroxyl groups is 1. The minimum atomic E-state index is -1.02. The van der Waals surface area contributed by atoms with E-state index in [0.29, 0.717) is 17.9 Å². The number of benzene rings is 1. The first kappa shape index (κ1) is 9.95. The molecule has 5 nitrogen and oxygen atoms in total. The Bertz CT molecular complexity index is 391. The van der Waals surface area contributed by atoms with Crippen LogP contribution in [0.1, 0.15) is 17.4 Å². The maximum Gasteiger partial charge on any atom is 0.414 e. The Morgan fingerprint density at radius 3 is 3.13 bits per heavy atom. The molecule has 0 spiro atoms. The molecular weight excluding hydrogens is 198 g/mol. The van der Waals surface area contributed by atoms with E-state index < -0.39 is 12.3 Å². The van der Waals surface area contributed by atoms with Crippen molar-refractivity contribution in [2.45, 2.75) is 12.8 Å². The molecule has 0 saturated heterocycles. The average molecular weight is 209 g/mol. The molecule has 2 rings (SSSR count). The Balaban J connectivity index is 2.34. The normalized spacial score (nSPS) is 19.1. The van der Waals surface area contributed by atoms with Crippen molar-refractivity contribution in [2.24, 2.45) is 0 Å². The third-order valence-corrected chi connectivity index (χ3v) is 2.14. The largest absolute Gasteiger partial charge is 0.414 e. The van der Waals surface area contributed by atoms with E-state index in [-0.39, 0.29) is 0 Å². The zero-order valence-electron chi connectivity index (χ0n) is 8.19. The fourth-order valence-corrected chi connectivity index (χ4v) is 1.48. The van der Waals surface area contributed by atoms with Crippen molar-refractivity contribution in [3.8, 4) is 5.75 Å². The highest BCUT2D eigenvalue weighted by Crippen LogP contribution is 2.28. The van der Waals surface area contributed by atoms with E-state index in [0.717, 1.165) is 5.56 Å². The first-order chi connectivity index (χ1) is 7.20. The van der Waals surface area contributed by atoms with Gasteiger partial charge in [-0.15, -0.1) is 0 Å². The van der Waals surface area contributed by atoms with Crippen LogP contribution in [0.2, 0.25) is 0 Å². The molecule has 0 radical (unpaired) electrons. The van der Waals surface area contributed by atoms with Crippen molar-refractivity contribution in [3.63, 3.8) is 0 Å². The van der Waals surface area contributed by atoms with Gasteiger partial charge in [0, 0.05) is 12.7 Å². The van der Waals surface area contributed by atoms with Crippen LogP contribution in [0.5, 0.6) is 5.75 Å². The lowest BCUT2D eigenvalue weighted by Crippen LogP contribution is -2.35. The topological polar surface area (TPSA) is 67.8 Å². The Morgan fingerprint density at radius 1 is 1.60 bits per heavy atom. The van der Waals surface area contributed by atoms with Gasteiger partial charge in [0.2, 0.25) is 0 Å². The predicted octanol–water partition coefficient (Wildman–Crippen LogP) is 0.926. The number of fused-ring (bicyclic) bond motifs is 1. The van der Waals surface area contributed by atoms with E-state index in [9.17, 15) is 9.90 Å². The Labute approximate surface area is 86.6 Å². The van der Waals surface area contributed by atoms with Gasteiger partial charge in [0.25, 0.3) is 0 Å². The minimum Gasteiger partial charge on any atom is -0.410 e. The van der Waals surface area contributed by atoms with Crippen molar-refractivity contribution in [2.75, 3.05) is 7.11 Å². The van der Waals surface area contributed by atoms with Crippen molar-refractivity contribution in [1.29, 1.82) is 0 Å². The van der Waals surface area contributed by atoms with Crippen LogP contribution < -0.4 is 10.1 Å². The lowest BCUT2D eigenvalue weighted by Gasteiger charge is -2.22. The van der Waals surface area contributed by atoms with Crippen LogP contribution in [0.15, 0.2) is 18.2 Å². The summed E-state index contributed by atoms with van der Waals surface area (Å²) in [5, 5.41) is 11.8. The van der Waals surface area contributed by atoms with Gasteiger partial charge in [0.05, 0.1) is 6.61 Å². The summed E-state index contributed by atoms with van der Waals surface area (Å²) in [6, 6.07) is 5.17. The summed E-state index contributed by atoms with van der Waals surface area (Å²) in [5.74, 6) is 0.381. The zero-order valence-corrected chi connectivity index (χ0v) is 8.19. The van der Waals surface area contributed by atoms with Gasteiger partial charge in [-0.05, 0) is 17.7 Å². The number of aliphatic hydroxyl groups excluding tert-OH is 1. The predicted molar refractivity (Wildman–Crippen MR) is 51.3 cm³/mol. The van der Waals surface area contributed by atoms with E-state index in [4.69, 9.17) is 9.47 Å². The number of rotatable bonds is 2. The molecule has 0 bridgehead atoms. The van der Waals surface area contributed by atoms with Gasteiger partial charge >= 0.3 is 6.09 Å².